The molecule has 0 amide bonds. The van der Waals surface area contributed by atoms with Crippen LogP contribution in [-0.2, 0) is 13.6 Å². The molecule has 6 heteroatoms. The molecule has 1 aliphatic heterocycles. The highest BCUT2D eigenvalue weighted by Gasteiger charge is 2.30. The van der Waals surface area contributed by atoms with Crippen LogP contribution in [0.2, 0.25) is 5.15 Å². The molecular weight excluding hydrogens is 274 g/mol. The van der Waals surface area contributed by atoms with E-state index in [4.69, 9.17) is 11.6 Å². The van der Waals surface area contributed by atoms with Gasteiger partial charge in [0.1, 0.15) is 5.15 Å². The number of halogens is 1. The maximum atomic E-state index is 6.42. The molecule has 1 fully saturated rings. The van der Waals surface area contributed by atoms with E-state index in [-0.39, 0.29) is 0 Å². The van der Waals surface area contributed by atoms with Crippen molar-refractivity contribution in [1.82, 2.24) is 24.5 Å². The number of aromatic nitrogens is 4. The molecule has 0 bridgehead atoms. The Morgan fingerprint density at radius 3 is 2.90 bits per heavy atom. The maximum absolute atomic E-state index is 6.42. The van der Waals surface area contributed by atoms with Gasteiger partial charge in [-0.1, -0.05) is 11.6 Å². The molecule has 0 spiro atoms. The summed E-state index contributed by atoms with van der Waals surface area (Å²) >= 11 is 6.42. The molecule has 2 aromatic heterocycles. The second-order valence-corrected chi connectivity index (χ2v) is 5.73. The predicted molar refractivity (Wildman–Crippen MR) is 78.7 cm³/mol. The standard InChI is InChI=1S/C14H20ClN5/c1-11-13(14(15)18(2)17-11)12-5-3-7-19(12)9-10-20-8-4-6-16-20/h4,6,8,12H,3,5,7,9-10H2,1-2H3. The van der Waals surface area contributed by atoms with Gasteiger partial charge in [-0.25, -0.2) is 0 Å². The van der Waals surface area contributed by atoms with Gasteiger partial charge in [-0.2, -0.15) is 10.2 Å². The van der Waals surface area contributed by atoms with Gasteiger partial charge in [-0.3, -0.25) is 14.3 Å². The molecular formula is C14H20ClN5. The van der Waals surface area contributed by atoms with Crippen LogP contribution in [0.5, 0.6) is 0 Å². The van der Waals surface area contributed by atoms with Gasteiger partial charge in [0.2, 0.25) is 0 Å². The van der Waals surface area contributed by atoms with Crippen molar-refractivity contribution in [2.75, 3.05) is 13.1 Å². The van der Waals surface area contributed by atoms with Crippen molar-refractivity contribution in [3.05, 3.63) is 34.9 Å². The lowest BCUT2D eigenvalue weighted by atomic mass is 10.1. The number of hydrogen-bond acceptors (Lipinski definition) is 3. The maximum Gasteiger partial charge on any atom is 0.131 e. The zero-order valence-electron chi connectivity index (χ0n) is 12.0. The van der Waals surface area contributed by atoms with Gasteiger partial charge in [0.15, 0.2) is 0 Å². The van der Waals surface area contributed by atoms with Crippen molar-refractivity contribution in [3.8, 4) is 0 Å². The fourth-order valence-corrected chi connectivity index (χ4v) is 3.41. The third-order valence-corrected chi connectivity index (χ3v) is 4.52. The summed E-state index contributed by atoms with van der Waals surface area (Å²) in [6.07, 6.45) is 6.21. The fourth-order valence-electron chi connectivity index (χ4n) is 3.11. The molecule has 1 aliphatic rings. The highest BCUT2D eigenvalue weighted by atomic mass is 35.5. The highest BCUT2D eigenvalue weighted by Crippen LogP contribution is 2.37. The number of likely N-dealkylation sites (tertiary alicyclic amines) is 1. The van der Waals surface area contributed by atoms with Crippen LogP contribution in [0.1, 0.15) is 30.1 Å². The van der Waals surface area contributed by atoms with Crippen LogP contribution in [-0.4, -0.2) is 37.6 Å². The largest absolute Gasteiger partial charge is 0.294 e. The first kappa shape index (κ1) is 13.6. The Hall–Kier alpha value is -1.33. The van der Waals surface area contributed by atoms with Crippen molar-refractivity contribution in [2.45, 2.75) is 32.4 Å². The molecule has 1 saturated heterocycles. The second-order valence-electron chi connectivity index (χ2n) is 5.38. The first-order valence-corrected chi connectivity index (χ1v) is 7.45. The molecule has 108 valence electrons. The average molecular weight is 294 g/mol. The van der Waals surface area contributed by atoms with E-state index in [1.807, 2.05) is 37.1 Å². The van der Waals surface area contributed by atoms with Gasteiger partial charge in [0.05, 0.1) is 12.2 Å². The zero-order valence-corrected chi connectivity index (χ0v) is 12.7. The third-order valence-electron chi connectivity index (χ3n) is 4.07. The van der Waals surface area contributed by atoms with Gasteiger partial charge in [-0.15, -0.1) is 0 Å². The van der Waals surface area contributed by atoms with Gasteiger partial charge in [-0.05, 0) is 32.4 Å². The van der Waals surface area contributed by atoms with Crippen molar-refractivity contribution >= 4 is 11.6 Å². The van der Waals surface area contributed by atoms with E-state index in [0.29, 0.717) is 6.04 Å². The molecule has 3 heterocycles. The molecule has 1 atom stereocenters. The van der Waals surface area contributed by atoms with Gasteiger partial charge >= 0.3 is 0 Å². The summed E-state index contributed by atoms with van der Waals surface area (Å²) in [6, 6.07) is 2.36. The molecule has 0 saturated carbocycles. The Balaban J connectivity index is 1.75. The first-order valence-electron chi connectivity index (χ1n) is 7.07. The van der Waals surface area contributed by atoms with E-state index < -0.39 is 0 Å². The minimum atomic E-state index is 0.395. The summed E-state index contributed by atoms with van der Waals surface area (Å²) in [5, 5.41) is 9.48. The fraction of sp³-hybridized carbons (Fsp3) is 0.571. The molecule has 20 heavy (non-hydrogen) atoms. The van der Waals surface area contributed by atoms with Crippen LogP contribution in [0.3, 0.4) is 0 Å². The Morgan fingerprint density at radius 2 is 2.25 bits per heavy atom. The molecule has 0 N–H and O–H groups in total. The molecule has 1 unspecified atom stereocenters. The topological polar surface area (TPSA) is 38.9 Å². The minimum absolute atomic E-state index is 0.395. The Morgan fingerprint density at radius 1 is 1.40 bits per heavy atom. The van der Waals surface area contributed by atoms with Crippen molar-refractivity contribution in [1.29, 1.82) is 0 Å². The van der Waals surface area contributed by atoms with E-state index in [1.54, 1.807) is 4.68 Å². The molecule has 2 aromatic rings. The van der Waals surface area contributed by atoms with Crippen LogP contribution >= 0.6 is 11.6 Å². The zero-order chi connectivity index (χ0) is 14.1. The van der Waals surface area contributed by atoms with E-state index in [0.717, 1.165) is 36.9 Å². The Bertz CT molecular complexity index is 575. The van der Waals surface area contributed by atoms with Gasteiger partial charge in [0.25, 0.3) is 0 Å². The summed E-state index contributed by atoms with van der Waals surface area (Å²) in [4.78, 5) is 2.50. The minimum Gasteiger partial charge on any atom is -0.294 e. The molecule has 3 rings (SSSR count). The average Bonchev–Trinajstić information content (AvgIpc) is 3.10. The SMILES string of the molecule is Cc1nn(C)c(Cl)c1C1CCCN1CCn1cccn1. The van der Waals surface area contributed by atoms with Crippen LogP contribution in [0.15, 0.2) is 18.5 Å². The molecule has 0 radical (unpaired) electrons. The van der Waals surface area contributed by atoms with E-state index in [1.165, 1.54) is 12.0 Å². The Labute approximate surface area is 124 Å². The van der Waals surface area contributed by atoms with Crippen molar-refractivity contribution in [3.63, 3.8) is 0 Å². The number of aryl methyl sites for hydroxylation is 2. The lowest BCUT2D eigenvalue weighted by molar-refractivity contribution is 0.242. The van der Waals surface area contributed by atoms with E-state index >= 15 is 0 Å². The van der Waals surface area contributed by atoms with E-state index in [2.05, 4.69) is 15.1 Å². The van der Waals surface area contributed by atoms with Gasteiger partial charge < -0.3 is 0 Å². The van der Waals surface area contributed by atoms with Crippen LogP contribution in [0, 0.1) is 6.92 Å². The summed E-state index contributed by atoms with van der Waals surface area (Å²) in [5.74, 6) is 0. The van der Waals surface area contributed by atoms with Crippen LogP contribution < -0.4 is 0 Å². The third kappa shape index (κ3) is 2.47. The smallest absolute Gasteiger partial charge is 0.131 e. The summed E-state index contributed by atoms with van der Waals surface area (Å²) < 4.78 is 3.75. The predicted octanol–water partition coefficient (Wildman–Crippen LogP) is 2.42. The van der Waals surface area contributed by atoms with Crippen LogP contribution in [0.25, 0.3) is 0 Å². The normalized spacial score (nSPS) is 19.9. The van der Waals surface area contributed by atoms with E-state index in [9.17, 15) is 0 Å². The monoisotopic (exact) mass is 293 g/mol. The summed E-state index contributed by atoms with van der Waals surface area (Å²) in [6.45, 7) is 5.08. The second kappa shape index (κ2) is 5.58. The lowest BCUT2D eigenvalue weighted by Gasteiger charge is -2.24. The van der Waals surface area contributed by atoms with Crippen LogP contribution in [0.4, 0.5) is 0 Å². The quantitative estimate of drug-likeness (QED) is 0.869. The molecule has 0 aliphatic carbocycles. The first-order chi connectivity index (χ1) is 9.66. The number of nitrogens with zero attached hydrogens (tertiary/aromatic N) is 5. The number of hydrogen-bond donors (Lipinski definition) is 0. The van der Waals surface area contributed by atoms with Crippen molar-refractivity contribution in [2.24, 2.45) is 7.05 Å². The highest BCUT2D eigenvalue weighted by molar-refractivity contribution is 6.30. The van der Waals surface area contributed by atoms with Crippen molar-refractivity contribution < 1.29 is 0 Å². The summed E-state index contributed by atoms with van der Waals surface area (Å²) in [7, 11) is 1.90. The molecule has 0 aromatic carbocycles. The molecule has 5 nitrogen and oxygen atoms in total. The lowest BCUT2D eigenvalue weighted by Crippen LogP contribution is -2.27. The number of rotatable bonds is 4. The van der Waals surface area contributed by atoms with Gasteiger partial charge in [0, 0.05) is 37.6 Å². The Kier molecular flexibility index (Phi) is 3.81. The summed E-state index contributed by atoms with van der Waals surface area (Å²) in [5.41, 5.74) is 2.25.